The smallest absolute Gasteiger partial charge is 0.263 e. The lowest BCUT2D eigenvalue weighted by atomic mass is 10.1. The minimum absolute atomic E-state index is 0.130. The summed E-state index contributed by atoms with van der Waals surface area (Å²) in [7, 11) is 0. The summed E-state index contributed by atoms with van der Waals surface area (Å²) in [5.74, 6) is 0.775. The van der Waals surface area contributed by atoms with Gasteiger partial charge >= 0.3 is 0 Å². The van der Waals surface area contributed by atoms with Crippen LogP contribution < -0.4 is 21.1 Å². The van der Waals surface area contributed by atoms with Crippen molar-refractivity contribution in [3.8, 4) is 0 Å². The largest absolute Gasteiger partial charge is 0.353 e. The first-order valence-corrected chi connectivity index (χ1v) is 10.5. The van der Waals surface area contributed by atoms with Crippen LogP contribution >= 0.6 is 11.6 Å². The highest BCUT2D eigenvalue weighted by molar-refractivity contribution is 6.33. The van der Waals surface area contributed by atoms with Crippen LogP contribution in [0.3, 0.4) is 0 Å². The predicted octanol–water partition coefficient (Wildman–Crippen LogP) is 2.78. The number of carbonyl (C=O) groups excluding carboxylic acids is 1. The molecule has 0 saturated carbocycles. The molecule has 10 heteroatoms. The van der Waals surface area contributed by atoms with E-state index in [-0.39, 0.29) is 22.9 Å². The molecule has 162 valence electrons. The Hall–Kier alpha value is -3.04. The van der Waals surface area contributed by atoms with E-state index in [9.17, 15) is 9.59 Å². The number of Topliss-reactive ketones (excluding diaryl/α,β-unsaturated/α-hetero) is 1. The fourth-order valence-corrected chi connectivity index (χ4v) is 3.93. The van der Waals surface area contributed by atoms with E-state index in [1.54, 1.807) is 24.5 Å². The molecule has 0 atom stereocenters. The number of halogens is 1. The quantitative estimate of drug-likeness (QED) is 0.582. The zero-order valence-corrected chi connectivity index (χ0v) is 18.4. The van der Waals surface area contributed by atoms with Crippen LogP contribution in [0.5, 0.6) is 0 Å². The molecule has 0 aromatic carbocycles. The van der Waals surface area contributed by atoms with Gasteiger partial charge in [0.25, 0.3) is 5.56 Å². The summed E-state index contributed by atoms with van der Waals surface area (Å²) in [5, 5.41) is 7.57. The maximum absolute atomic E-state index is 12.8. The van der Waals surface area contributed by atoms with Crippen LogP contribution in [0.4, 0.5) is 17.5 Å². The number of rotatable bonds is 5. The predicted molar refractivity (Wildman–Crippen MR) is 122 cm³/mol. The maximum Gasteiger partial charge on any atom is 0.263 e. The number of hydrogen-bond donors (Lipinski definition) is 2. The Labute approximate surface area is 184 Å². The lowest BCUT2D eigenvalue weighted by molar-refractivity contribution is 0.101. The first-order chi connectivity index (χ1) is 14.8. The van der Waals surface area contributed by atoms with Gasteiger partial charge in [-0.05, 0) is 32.9 Å². The second-order valence-electron chi connectivity index (χ2n) is 7.75. The van der Waals surface area contributed by atoms with E-state index >= 15 is 0 Å². The highest BCUT2D eigenvalue weighted by Gasteiger charge is 2.18. The van der Waals surface area contributed by atoms with Crippen molar-refractivity contribution in [1.29, 1.82) is 0 Å². The van der Waals surface area contributed by atoms with Crippen LogP contribution in [0.2, 0.25) is 5.02 Å². The van der Waals surface area contributed by atoms with Crippen LogP contribution in [0.25, 0.3) is 11.0 Å². The lowest BCUT2D eigenvalue weighted by Crippen LogP contribution is -2.44. The molecule has 4 heterocycles. The molecule has 0 amide bonds. The Kier molecular flexibility index (Phi) is 5.88. The van der Waals surface area contributed by atoms with E-state index in [2.05, 4.69) is 30.5 Å². The number of pyridine rings is 2. The molecule has 3 aromatic rings. The van der Waals surface area contributed by atoms with Crippen LogP contribution in [-0.2, 0) is 0 Å². The van der Waals surface area contributed by atoms with Gasteiger partial charge in [-0.1, -0.05) is 11.6 Å². The topological polar surface area (TPSA) is 105 Å². The lowest BCUT2D eigenvalue weighted by Gasteiger charge is -2.29. The van der Waals surface area contributed by atoms with Gasteiger partial charge in [0, 0.05) is 43.8 Å². The number of nitrogens with zero attached hydrogens (tertiary/aromatic N) is 5. The SMILES string of the molecule is CC(=O)c1cc2cnc(Nc3cnc(N4CCNCC4)c(Cl)c3)nc2n(C(C)C)c1=O. The van der Waals surface area contributed by atoms with E-state index in [0.717, 1.165) is 32.0 Å². The Bertz CT molecular complexity index is 1200. The number of anilines is 3. The first-order valence-electron chi connectivity index (χ1n) is 10.2. The number of fused-ring (bicyclic) bond motifs is 1. The molecule has 0 radical (unpaired) electrons. The van der Waals surface area contributed by atoms with Gasteiger partial charge in [0.15, 0.2) is 5.78 Å². The molecular formula is C21H24ClN7O2. The number of piperazine rings is 1. The number of carbonyl (C=O) groups is 1. The average Bonchev–Trinajstić information content (AvgIpc) is 2.73. The van der Waals surface area contributed by atoms with Crippen molar-refractivity contribution in [2.75, 3.05) is 36.4 Å². The molecule has 2 N–H and O–H groups in total. The average molecular weight is 442 g/mol. The molecule has 1 aliphatic heterocycles. The Morgan fingerprint density at radius 3 is 2.58 bits per heavy atom. The molecule has 3 aromatic heterocycles. The molecule has 4 rings (SSSR count). The van der Waals surface area contributed by atoms with Gasteiger partial charge in [-0.3, -0.25) is 14.2 Å². The van der Waals surface area contributed by atoms with Crippen molar-refractivity contribution in [2.45, 2.75) is 26.8 Å². The minimum Gasteiger partial charge on any atom is -0.353 e. The van der Waals surface area contributed by atoms with E-state index in [4.69, 9.17) is 11.6 Å². The number of nitrogens with one attached hydrogen (secondary N) is 2. The van der Waals surface area contributed by atoms with Gasteiger partial charge in [-0.25, -0.2) is 9.97 Å². The molecule has 0 unspecified atom stereocenters. The summed E-state index contributed by atoms with van der Waals surface area (Å²) in [6, 6.07) is 3.16. The molecular weight excluding hydrogens is 418 g/mol. The monoisotopic (exact) mass is 441 g/mol. The molecule has 9 nitrogen and oxygen atoms in total. The number of ketones is 1. The van der Waals surface area contributed by atoms with Crippen LogP contribution in [0, 0.1) is 0 Å². The van der Waals surface area contributed by atoms with Crippen LogP contribution in [0.1, 0.15) is 37.2 Å². The van der Waals surface area contributed by atoms with E-state index in [1.807, 2.05) is 13.8 Å². The van der Waals surface area contributed by atoms with Crippen molar-refractivity contribution >= 4 is 45.9 Å². The fourth-order valence-electron chi connectivity index (χ4n) is 3.65. The molecule has 31 heavy (non-hydrogen) atoms. The van der Waals surface area contributed by atoms with Crippen molar-refractivity contribution in [1.82, 2.24) is 24.8 Å². The molecule has 0 bridgehead atoms. The summed E-state index contributed by atoms with van der Waals surface area (Å²) in [5.41, 5.74) is 0.871. The van der Waals surface area contributed by atoms with Gasteiger partial charge in [0.05, 0.1) is 22.5 Å². The van der Waals surface area contributed by atoms with Gasteiger partial charge in [-0.2, -0.15) is 4.98 Å². The third-order valence-corrected chi connectivity index (χ3v) is 5.44. The first kappa shape index (κ1) is 21.2. The van der Waals surface area contributed by atoms with Crippen molar-refractivity contribution < 1.29 is 4.79 Å². The van der Waals surface area contributed by atoms with Crippen LogP contribution in [0.15, 0.2) is 29.3 Å². The molecule has 0 aliphatic carbocycles. The summed E-state index contributed by atoms with van der Waals surface area (Å²) in [4.78, 5) is 40.2. The zero-order chi connectivity index (χ0) is 22.1. The van der Waals surface area contributed by atoms with Crippen molar-refractivity contribution in [2.24, 2.45) is 0 Å². The van der Waals surface area contributed by atoms with Crippen molar-refractivity contribution in [3.05, 3.63) is 45.5 Å². The summed E-state index contributed by atoms with van der Waals surface area (Å²) in [6.45, 7) is 8.62. The highest BCUT2D eigenvalue weighted by atomic mass is 35.5. The fraction of sp³-hybridized carbons (Fsp3) is 0.381. The molecule has 1 saturated heterocycles. The van der Waals surface area contributed by atoms with Crippen molar-refractivity contribution in [3.63, 3.8) is 0 Å². The third kappa shape index (κ3) is 4.24. The van der Waals surface area contributed by atoms with Gasteiger partial charge in [0.1, 0.15) is 11.5 Å². The third-order valence-electron chi connectivity index (χ3n) is 5.16. The van der Waals surface area contributed by atoms with E-state index in [0.29, 0.717) is 27.7 Å². The molecule has 1 fully saturated rings. The molecule has 1 aliphatic rings. The highest BCUT2D eigenvalue weighted by Crippen LogP contribution is 2.27. The summed E-state index contributed by atoms with van der Waals surface area (Å²) in [6.07, 6.45) is 3.28. The Morgan fingerprint density at radius 2 is 1.94 bits per heavy atom. The zero-order valence-electron chi connectivity index (χ0n) is 17.6. The van der Waals surface area contributed by atoms with Gasteiger partial charge in [0.2, 0.25) is 5.95 Å². The normalized spacial score (nSPS) is 14.3. The minimum atomic E-state index is -0.357. The van der Waals surface area contributed by atoms with E-state index in [1.165, 1.54) is 11.5 Å². The van der Waals surface area contributed by atoms with Gasteiger partial charge in [-0.15, -0.1) is 0 Å². The number of aromatic nitrogens is 4. The second kappa shape index (κ2) is 8.60. The molecule has 0 spiro atoms. The standard InChI is InChI=1S/C21H24ClN7O2/c1-12(2)29-18-14(8-16(13(3)30)20(29)31)10-25-21(27-18)26-15-9-17(22)19(24-11-15)28-6-4-23-5-7-28/h8-12,23H,4-7H2,1-3H3,(H,25,26,27). The van der Waals surface area contributed by atoms with E-state index < -0.39 is 0 Å². The van der Waals surface area contributed by atoms with Gasteiger partial charge < -0.3 is 15.5 Å². The summed E-state index contributed by atoms with van der Waals surface area (Å²) >= 11 is 6.48. The maximum atomic E-state index is 12.8. The Balaban J connectivity index is 1.68. The summed E-state index contributed by atoms with van der Waals surface area (Å²) < 4.78 is 1.51. The second-order valence-corrected chi connectivity index (χ2v) is 8.15. The van der Waals surface area contributed by atoms with Crippen LogP contribution in [-0.4, -0.2) is 51.5 Å². The number of hydrogen-bond acceptors (Lipinski definition) is 8. The Morgan fingerprint density at radius 1 is 1.19 bits per heavy atom.